The zero-order valence-corrected chi connectivity index (χ0v) is 21.0. The van der Waals surface area contributed by atoms with Crippen LogP contribution in [0.2, 0.25) is 0 Å². The molecule has 11 nitrogen and oxygen atoms in total. The van der Waals surface area contributed by atoms with Gasteiger partial charge < -0.3 is 15.2 Å². The van der Waals surface area contributed by atoms with Crippen molar-refractivity contribution >= 4 is 43.7 Å². The van der Waals surface area contributed by atoms with Crippen LogP contribution in [0.25, 0.3) is 22.1 Å². The minimum absolute atomic E-state index is 0.174. The SMILES string of the molecule is Cc1cccc2nc(C(C)Nc3ncnc4nc[nH]c34)nc(N(C)C3CCN(S(C)(=O)=O)CC3)c12. The van der Waals surface area contributed by atoms with E-state index in [0.29, 0.717) is 30.4 Å². The molecule has 3 aromatic heterocycles. The van der Waals surface area contributed by atoms with Gasteiger partial charge in [-0.2, -0.15) is 0 Å². The number of aromatic nitrogens is 6. The molecular formula is C23H29N9O2S. The monoisotopic (exact) mass is 495 g/mol. The first-order chi connectivity index (χ1) is 16.7. The van der Waals surface area contributed by atoms with Gasteiger partial charge in [-0.3, -0.25) is 0 Å². The van der Waals surface area contributed by atoms with E-state index in [0.717, 1.165) is 40.6 Å². The lowest BCUT2D eigenvalue weighted by Crippen LogP contribution is -2.45. The molecule has 1 unspecified atom stereocenters. The van der Waals surface area contributed by atoms with Gasteiger partial charge in [-0.1, -0.05) is 12.1 Å². The first-order valence-corrected chi connectivity index (χ1v) is 13.4. The highest BCUT2D eigenvalue weighted by Gasteiger charge is 2.29. The van der Waals surface area contributed by atoms with Crippen LogP contribution >= 0.6 is 0 Å². The summed E-state index contributed by atoms with van der Waals surface area (Å²) in [7, 11) is -1.14. The van der Waals surface area contributed by atoms with Crippen molar-refractivity contribution in [3.8, 4) is 0 Å². The minimum Gasteiger partial charge on any atom is -0.358 e. The fourth-order valence-electron chi connectivity index (χ4n) is 4.68. The number of benzene rings is 1. The summed E-state index contributed by atoms with van der Waals surface area (Å²) in [5.74, 6) is 2.13. The van der Waals surface area contributed by atoms with Crippen LogP contribution in [0.5, 0.6) is 0 Å². The fraction of sp³-hybridized carbons (Fsp3) is 0.435. The number of sulfonamides is 1. The molecule has 2 N–H and O–H groups in total. The third kappa shape index (κ3) is 4.50. The highest BCUT2D eigenvalue weighted by atomic mass is 32.2. The molecule has 1 aromatic carbocycles. The normalized spacial score (nSPS) is 16.6. The second-order valence-electron chi connectivity index (χ2n) is 9.07. The van der Waals surface area contributed by atoms with Crippen molar-refractivity contribution in [2.45, 2.75) is 38.8 Å². The van der Waals surface area contributed by atoms with Crippen LogP contribution in [0.1, 0.15) is 37.2 Å². The summed E-state index contributed by atoms with van der Waals surface area (Å²) in [6.07, 6.45) is 5.82. The van der Waals surface area contributed by atoms with E-state index < -0.39 is 10.0 Å². The lowest BCUT2D eigenvalue weighted by molar-refractivity contribution is 0.316. The Labute approximate surface area is 204 Å². The maximum absolute atomic E-state index is 12.0. The second-order valence-corrected chi connectivity index (χ2v) is 11.1. The number of hydrogen-bond donors (Lipinski definition) is 2. The molecule has 5 rings (SSSR count). The van der Waals surface area contributed by atoms with E-state index in [1.54, 1.807) is 10.6 Å². The van der Waals surface area contributed by atoms with Crippen LogP contribution in [-0.2, 0) is 10.0 Å². The Morgan fingerprint density at radius 2 is 1.94 bits per heavy atom. The van der Waals surface area contributed by atoms with Gasteiger partial charge in [0.2, 0.25) is 10.0 Å². The average molecular weight is 496 g/mol. The molecule has 1 aliphatic rings. The van der Waals surface area contributed by atoms with Crippen molar-refractivity contribution in [3.63, 3.8) is 0 Å². The third-order valence-electron chi connectivity index (χ3n) is 6.67. The van der Waals surface area contributed by atoms with Crippen LogP contribution < -0.4 is 10.2 Å². The summed E-state index contributed by atoms with van der Waals surface area (Å²) < 4.78 is 25.5. The Kier molecular flexibility index (Phi) is 6.01. The number of piperidine rings is 1. The van der Waals surface area contributed by atoms with Gasteiger partial charge in [0.25, 0.3) is 0 Å². The molecule has 1 saturated heterocycles. The number of imidazole rings is 1. The second kappa shape index (κ2) is 9.00. The minimum atomic E-state index is -3.18. The van der Waals surface area contributed by atoms with Gasteiger partial charge in [-0.25, -0.2) is 37.6 Å². The van der Waals surface area contributed by atoms with Crippen LogP contribution in [-0.4, -0.2) is 75.1 Å². The molecule has 184 valence electrons. The number of H-pyrrole nitrogens is 1. The topological polar surface area (TPSA) is 133 Å². The van der Waals surface area contributed by atoms with Gasteiger partial charge in [-0.05, 0) is 38.3 Å². The van der Waals surface area contributed by atoms with Gasteiger partial charge in [0.05, 0.1) is 24.1 Å². The molecule has 1 atom stereocenters. The molecule has 0 aliphatic carbocycles. The Morgan fingerprint density at radius 3 is 2.69 bits per heavy atom. The van der Waals surface area contributed by atoms with Gasteiger partial charge in [-0.15, -0.1) is 0 Å². The van der Waals surface area contributed by atoms with Crippen molar-refractivity contribution in [2.75, 3.05) is 36.6 Å². The molecule has 0 saturated carbocycles. The van der Waals surface area contributed by atoms with Crippen molar-refractivity contribution in [2.24, 2.45) is 0 Å². The number of aryl methyl sites for hydroxylation is 1. The number of aromatic amines is 1. The summed E-state index contributed by atoms with van der Waals surface area (Å²) in [6.45, 7) is 5.07. The summed E-state index contributed by atoms with van der Waals surface area (Å²) in [4.78, 5) is 27.9. The summed E-state index contributed by atoms with van der Waals surface area (Å²) in [5.41, 5.74) is 3.28. The van der Waals surface area contributed by atoms with Crippen LogP contribution in [0.15, 0.2) is 30.9 Å². The maximum atomic E-state index is 12.0. The zero-order valence-electron chi connectivity index (χ0n) is 20.2. The Balaban J connectivity index is 1.48. The van der Waals surface area contributed by atoms with Crippen LogP contribution in [0, 0.1) is 6.92 Å². The smallest absolute Gasteiger partial charge is 0.211 e. The van der Waals surface area contributed by atoms with E-state index in [1.165, 1.54) is 12.6 Å². The van der Waals surface area contributed by atoms with Gasteiger partial charge >= 0.3 is 0 Å². The zero-order chi connectivity index (χ0) is 24.7. The lowest BCUT2D eigenvalue weighted by Gasteiger charge is -2.37. The summed E-state index contributed by atoms with van der Waals surface area (Å²) in [6, 6.07) is 6.00. The summed E-state index contributed by atoms with van der Waals surface area (Å²) >= 11 is 0. The average Bonchev–Trinajstić information content (AvgIpc) is 3.32. The molecule has 0 bridgehead atoms. The van der Waals surface area contributed by atoms with Crippen molar-refractivity contribution in [1.82, 2.24) is 34.2 Å². The van der Waals surface area contributed by atoms with Crippen LogP contribution in [0.3, 0.4) is 0 Å². The predicted octanol–water partition coefficient (Wildman–Crippen LogP) is 2.64. The maximum Gasteiger partial charge on any atom is 0.211 e. The highest BCUT2D eigenvalue weighted by Crippen LogP contribution is 2.32. The number of nitrogens with zero attached hydrogens (tertiary/aromatic N) is 7. The van der Waals surface area contributed by atoms with E-state index in [2.05, 4.69) is 43.1 Å². The Morgan fingerprint density at radius 1 is 1.17 bits per heavy atom. The first kappa shape index (κ1) is 23.4. The van der Waals surface area contributed by atoms with E-state index in [-0.39, 0.29) is 12.1 Å². The van der Waals surface area contributed by atoms with Crippen molar-refractivity contribution < 1.29 is 8.42 Å². The van der Waals surface area contributed by atoms with Crippen molar-refractivity contribution in [1.29, 1.82) is 0 Å². The number of nitrogens with one attached hydrogen (secondary N) is 2. The molecule has 4 heterocycles. The van der Waals surface area contributed by atoms with Gasteiger partial charge in [0.15, 0.2) is 17.3 Å². The number of rotatable bonds is 6. The molecule has 4 aromatic rings. The summed E-state index contributed by atoms with van der Waals surface area (Å²) in [5, 5.41) is 4.40. The Hall–Kier alpha value is -3.38. The Bertz CT molecular complexity index is 1480. The molecule has 0 spiro atoms. The molecule has 1 fully saturated rings. The van der Waals surface area contributed by atoms with Gasteiger partial charge in [0.1, 0.15) is 17.7 Å². The molecular weight excluding hydrogens is 466 g/mol. The van der Waals surface area contributed by atoms with Crippen molar-refractivity contribution in [3.05, 3.63) is 42.2 Å². The number of hydrogen-bond acceptors (Lipinski definition) is 9. The van der Waals surface area contributed by atoms with E-state index in [4.69, 9.17) is 9.97 Å². The highest BCUT2D eigenvalue weighted by molar-refractivity contribution is 7.88. The first-order valence-electron chi connectivity index (χ1n) is 11.6. The quantitative estimate of drug-likeness (QED) is 0.414. The number of anilines is 2. The predicted molar refractivity (Wildman–Crippen MR) is 136 cm³/mol. The molecule has 1 aliphatic heterocycles. The lowest BCUT2D eigenvalue weighted by atomic mass is 10.0. The van der Waals surface area contributed by atoms with E-state index >= 15 is 0 Å². The molecule has 12 heteroatoms. The fourth-order valence-corrected chi connectivity index (χ4v) is 5.55. The largest absolute Gasteiger partial charge is 0.358 e. The number of fused-ring (bicyclic) bond motifs is 2. The van der Waals surface area contributed by atoms with Crippen LogP contribution in [0.4, 0.5) is 11.6 Å². The molecule has 0 amide bonds. The van der Waals surface area contributed by atoms with E-state index in [1.807, 2.05) is 26.1 Å². The standard InChI is InChI=1S/C23H29N9O2S/c1-14-6-5-7-17-18(14)23(31(3)16-8-10-32(11-9-16)35(4,33)34)30-20(29-17)15(2)28-22-19-21(25-12-24-19)26-13-27-22/h5-7,12-13,15-16H,8-11H2,1-4H3,(H2,24,25,26,27,28). The molecule has 0 radical (unpaired) electrons. The molecule has 35 heavy (non-hydrogen) atoms. The van der Waals surface area contributed by atoms with E-state index in [9.17, 15) is 8.42 Å². The third-order valence-corrected chi connectivity index (χ3v) is 7.97. The van der Waals surface area contributed by atoms with Gasteiger partial charge in [0, 0.05) is 31.6 Å².